The standard InChI is InChI=1S/C11H14N4O4/c1-5(6(2)16)12-9-7-8(13-19-9)14(3)11(18)15(4)10(7)17/h5,12H,1-4H3. The zero-order valence-corrected chi connectivity index (χ0v) is 11.1. The molecule has 0 spiro atoms. The Kier molecular flexibility index (Phi) is 3.01. The average Bonchev–Trinajstić information content (AvgIpc) is 2.77. The minimum absolute atomic E-state index is 0.0916. The molecule has 0 fully saturated rings. The highest BCUT2D eigenvalue weighted by Crippen LogP contribution is 2.18. The van der Waals surface area contributed by atoms with Crippen LogP contribution >= 0.6 is 0 Å². The van der Waals surface area contributed by atoms with Gasteiger partial charge in [-0.25, -0.2) is 4.79 Å². The molecule has 2 aromatic heterocycles. The van der Waals surface area contributed by atoms with E-state index in [9.17, 15) is 14.4 Å². The topological polar surface area (TPSA) is 99.1 Å². The van der Waals surface area contributed by atoms with Crippen LogP contribution in [0, 0.1) is 0 Å². The summed E-state index contributed by atoms with van der Waals surface area (Å²) in [7, 11) is 2.86. The Morgan fingerprint density at radius 2 is 1.95 bits per heavy atom. The lowest BCUT2D eigenvalue weighted by Crippen LogP contribution is -2.37. The molecule has 0 amide bonds. The Hall–Kier alpha value is -2.38. The monoisotopic (exact) mass is 266 g/mol. The van der Waals surface area contributed by atoms with Crippen LogP contribution in [0.2, 0.25) is 0 Å². The summed E-state index contributed by atoms with van der Waals surface area (Å²) in [5, 5.41) is 6.62. The fourth-order valence-corrected chi connectivity index (χ4v) is 1.67. The molecule has 8 heteroatoms. The number of aryl methyl sites for hydroxylation is 1. The number of aromatic nitrogens is 3. The van der Waals surface area contributed by atoms with Gasteiger partial charge >= 0.3 is 5.69 Å². The van der Waals surface area contributed by atoms with Crippen LogP contribution in [-0.2, 0) is 18.9 Å². The Morgan fingerprint density at radius 3 is 2.53 bits per heavy atom. The van der Waals surface area contributed by atoms with Gasteiger partial charge in [-0.1, -0.05) is 5.16 Å². The third-order valence-electron chi connectivity index (χ3n) is 3.04. The molecule has 1 unspecified atom stereocenters. The van der Waals surface area contributed by atoms with Crippen LogP contribution in [0.5, 0.6) is 0 Å². The van der Waals surface area contributed by atoms with Gasteiger partial charge in [0.25, 0.3) is 5.56 Å². The number of hydrogen-bond donors (Lipinski definition) is 1. The molecule has 0 bridgehead atoms. The molecule has 1 atom stereocenters. The van der Waals surface area contributed by atoms with Crippen LogP contribution in [0.3, 0.4) is 0 Å². The van der Waals surface area contributed by atoms with Gasteiger partial charge in [-0.3, -0.25) is 18.7 Å². The van der Waals surface area contributed by atoms with Crippen LogP contribution in [-0.4, -0.2) is 26.1 Å². The Balaban J connectivity index is 2.70. The van der Waals surface area contributed by atoms with E-state index in [-0.39, 0.29) is 22.7 Å². The molecule has 0 aliphatic rings. The number of carbonyl (C=O) groups excluding carboxylic acids is 1. The Morgan fingerprint density at radius 1 is 1.32 bits per heavy atom. The van der Waals surface area contributed by atoms with Gasteiger partial charge in [-0.15, -0.1) is 0 Å². The average molecular weight is 266 g/mol. The molecule has 0 saturated carbocycles. The van der Waals surface area contributed by atoms with Gasteiger partial charge in [0.1, 0.15) is 5.39 Å². The van der Waals surface area contributed by atoms with Gasteiger partial charge in [0, 0.05) is 14.1 Å². The van der Waals surface area contributed by atoms with E-state index in [2.05, 4.69) is 10.5 Å². The highest BCUT2D eigenvalue weighted by molar-refractivity contribution is 5.89. The van der Waals surface area contributed by atoms with Gasteiger partial charge in [0.2, 0.25) is 5.88 Å². The second-order valence-corrected chi connectivity index (χ2v) is 4.39. The molecule has 0 aliphatic carbocycles. The summed E-state index contributed by atoms with van der Waals surface area (Å²) < 4.78 is 7.19. The first-order valence-electron chi connectivity index (χ1n) is 5.67. The summed E-state index contributed by atoms with van der Waals surface area (Å²) in [5.41, 5.74) is -0.860. The Labute approximate surface area is 107 Å². The first-order valence-corrected chi connectivity index (χ1v) is 5.67. The highest BCUT2D eigenvalue weighted by atomic mass is 16.5. The quantitative estimate of drug-likeness (QED) is 0.812. The van der Waals surface area contributed by atoms with Gasteiger partial charge in [0.15, 0.2) is 11.4 Å². The molecule has 8 nitrogen and oxygen atoms in total. The summed E-state index contributed by atoms with van der Waals surface area (Å²) >= 11 is 0. The fraction of sp³-hybridized carbons (Fsp3) is 0.455. The summed E-state index contributed by atoms with van der Waals surface area (Å²) in [4.78, 5) is 35.0. The summed E-state index contributed by atoms with van der Waals surface area (Å²) in [6.07, 6.45) is 0. The maximum absolute atomic E-state index is 12.1. The molecule has 19 heavy (non-hydrogen) atoms. The van der Waals surface area contributed by atoms with Crippen molar-refractivity contribution in [2.45, 2.75) is 19.9 Å². The van der Waals surface area contributed by atoms with E-state index in [0.29, 0.717) is 0 Å². The van der Waals surface area contributed by atoms with Gasteiger partial charge < -0.3 is 9.84 Å². The first kappa shape index (κ1) is 13.1. The molecule has 0 saturated heterocycles. The maximum Gasteiger partial charge on any atom is 0.332 e. The summed E-state index contributed by atoms with van der Waals surface area (Å²) in [6.45, 7) is 3.06. The third kappa shape index (κ3) is 1.94. The zero-order chi connectivity index (χ0) is 14.3. The molecule has 2 heterocycles. The number of hydrogen-bond acceptors (Lipinski definition) is 6. The normalized spacial score (nSPS) is 12.6. The molecule has 1 N–H and O–H groups in total. The van der Waals surface area contributed by atoms with Crippen molar-refractivity contribution in [2.24, 2.45) is 14.1 Å². The summed E-state index contributed by atoms with van der Waals surface area (Å²) in [5.74, 6) is -0.0138. The van der Waals surface area contributed by atoms with E-state index in [4.69, 9.17) is 4.52 Å². The molecule has 0 radical (unpaired) electrons. The molecule has 2 aromatic rings. The summed E-state index contributed by atoms with van der Waals surface area (Å²) in [6, 6.07) is -0.516. The number of anilines is 1. The van der Waals surface area contributed by atoms with Crippen molar-refractivity contribution in [2.75, 3.05) is 5.32 Å². The van der Waals surface area contributed by atoms with Crippen molar-refractivity contribution in [3.8, 4) is 0 Å². The van der Waals surface area contributed by atoms with Crippen molar-refractivity contribution in [3.63, 3.8) is 0 Å². The third-order valence-corrected chi connectivity index (χ3v) is 3.04. The number of carbonyl (C=O) groups is 1. The number of nitrogens with one attached hydrogen (secondary N) is 1. The van der Waals surface area contributed by atoms with E-state index in [0.717, 1.165) is 4.57 Å². The fourth-order valence-electron chi connectivity index (χ4n) is 1.67. The molecule has 0 aromatic carbocycles. The van der Waals surface area contributed by atoms with E-state index >= 15 is 0 Å². The van der Waals surface area contributed by atoms with E-state index < -0.39 is 17.3 Å². The van der Waals surface area contributed by atoms with Crippen molar-refractivity contribution in [3.05, 3.63) is 20.8 Å². The second kappa shape index (κ2) is 4.38. The van der Waals surface area contributed by atoms with Crippen LogP contribution in [0.1, 0.15) is 13.8 Å². The first-order chi connectivity index (χ1) is 8.84. The predicted molar refractivity (Wildman–Crippen MR) is 68.3 cm³/mol. The van der Waals surface area contributed by atoms with Crippen LogP contribution < -0.4 is 16.6 Å². The van der Waals surface area contributed by atoms with Crippen molar-refractivity contribution < 1.29 is 9.32 Å². The molecular formula is C11H14N4O4. The molecule has 102 valence electrons. The lowest BCUT2D eigenvalue weighted by atomic mass is 10.2. The number of nitrogens with zero attached hydrogens (tertiary/aromatic N) is 3. The minimum atomic E-state index is -0.516. The minimum Gasteiger partial charge on any atom is -0.344 e. The zero-order valence-electron chi connectivity index (χ0n) is 11.1. The number of ketones is 1. The largest absolute Gasteiger partial charge is 0.344 e. The number of rotatable bonds is 3. The SMILES string of the molecule is CC(=O)C(C)Nc1onc2c1c(=O)n(C)c(=O)n2C. The van der Waals surface area contributed by atoms with Crippen LogP contribution in [0.4, 0.5) is 5.88 Å². The van der Waals surface area contributed by atoms with E-state index in [1.54, 1.807) is 6.92 Å². The van der Waals surface area contributed by atoms with Crippen molar-refractivity contribution >= 4 is 22.7 Å². The lowest BCUT2D eigenvalue weighted by molar-refractivity contribution is -0.117. The van der Waals surface area contributed by atoms with Crippen LogP contribution in [0.15, 0.2) is 14.1 Å². The van der Waals surface area contributed by atoms with E-state index in [1.807, 2.05) is 0 Å². The number of fused-ring (bicyclic) bond motifs is 1. The lowest BCUT2D eigenvalue weighted by Gasteiger charge is -2.08. The van der Waals surface area contributed by atoms with E-state index in [1.165, 1.54) is 25.6 Å². The second-order valence-electron chi connectivity index (χ2n) is 4.39. The molecular weight excluding hydrogens is 252 g/mol. The highest BCUT2D eigenvalue weighted by Gasteiger charge is 2.20. The van der Waals surface area contributed by atoms with Gasteiger partial charge in [-0.2, -0.15) is 0 Å². The number of Topliss-reactive ketones (excluding diaryl/α,β-unsaturated/α-hetero) is 1. The van der Waals surface area contributed by atoms with Crippen molar-refractivity contribution in [1.82, 2.24) is 14.3 Å². The maximum atomic E-state index is 12.1. The predicted octanol–water partition coefficient (Wildman–Crippen LogP) is -0.385. The van der Waals surface area contributed by atoms with Crippen LogP contribution in [0.25, 0.3) is 11.0 Å². The van der Waals surface area contributed by atoms with Gasteiger partial charge in [0.05, 0.1) is 6.04 Å². The molecule has 0 aliphatic heterocycles. The smallest absolute Gasteiger partial charge is 0.332 e. The van der Waals surface area contributed by atoms with Crippen molar-refractivity contribution in [1.29, 1.82) is 0 Å². The Bertz CT molecular complexity index is 767. The molecule has 2 rings (SSSR count). The van der Waals surface area contributed by atoms with Gasteiger partial charge in [-0.05, 0) is 13.8 Å².